The standard InChI is InChI=1S/C16H20N6O2/c1-11-5-8-22(13(23)3-6-17)9-16(11,24)21(2)15-12-4-7-18-14(12)19-10-20-15/h4,7,10-11,24H,3,5,8-9H2,1-2H3,(H,18,19,20). The average molecular weight is 328 g/mol. The molecule has 8 nitrogen and oxygen atoms in total. The Morgan fingerprint density at radius 2 is 2.42 bits per heavy atom. The molecule has 1 aliphatic rings. The lowest BCUT2D eigenvalue weighted by atomic mass is 9.88. The van der Waals surface area contributed by atoms with Gasteiger partial charge in [-0.15, -0.1) is 0 Å². The van der Waals surface area contributed by atoms with E-state index in [1.165, 1.54) is 6.33 Å². The number of aromatic nitrogens is 3. The Morgan fingerprint density at radius 3 is 3.17 bits per heavy atom. The van der Waals surface area contributed by atoms with E-state index in [0.29, 0.717) is 24.4 Å². The Kier molecular flexibility index (Phi) is 4.11. The van der Waals surface area contributed by atoms with Crippen LogP contribution in [0.25, 0.3) is 11.0 Å². The van der Waals surface area contributed by atoms with Gasteiger partial charge in [0, 0.05) is 25.7 Å². The van der Waals surface area contributed by atoms with Crippen LogP contribution in [0.4, 0.5) is 5.82 Å². The Balaban J connectivity index is 1.94. The van der Waals surface area contributed by atoms with Gasteiger partial charge in [-0.1, -0.05) is 6.92 Å². The minimum atomic E-state index is -1.26. The van der Waals surface area contributed by atoms with Gasteiger partial charge < -0.3 is 19.9 Å². The third-order valence-corrected chi connectivity index (χ3v) is 4.86. The molecule has 0 aliphatic carbocycles. The highest BCUT2D eigenvalue weighted by atomic mass is 16.3. The number of likely N-dealkylation sites (tertiary alicyclic amines) is 1. The minimum absolute atomic E-state index is 0.0578. The molecule has 24 heavy (non-hydrogen) atoms. The zero-order valence-corrected chi connectivity index (χ0v) is 13.7. The highest BCUT2D eigenvalue weighted by Crippen LogP contribution is 2.34. The molecule has 2 atom stereocenters. The summed E-state index contributed by atoms with van der Waals surface area (Å²) >= 11 is 0. The SMILES string of the molecule is CC1CCN(C(=O)CC#N)CC1(O)N(C)c1ncnc2[nH]ccc12. The summed E-state index contributed by atoms with van der Waals surface area (Å²) in [6.45, 7) is 2.64. The number of carbonyl (C=O) groups excluding carboxylic acids is 1. The van der Waals surface area contributed by atoms with Crippen LogP contribution < -0.4 is 4.90 Å². The normalized spacial score (nSPS) is 23.9. The first kappa shape index (κ1) is 16.2. The molecule has 2 aromatic heterocycles. The predicted octanol–water partition coefficient (Wildman–Crippen LogP) is 0.865. The van der Waals surface area contributed by atoms with Gasteiger partial charge in [0.1, 0.15) is 24.2 Å². The predicted molar refractivity (Wildman–Crippen MR) is 87.8 cm³/mol. The van der Waals surface area contributed by atoms with Crippen molar-refractivity contribution in [1.82, 2.24) is 19.9 Å². The van der Waals surface area contributed by atoms with E-state index in [2.05, 4.69) is 15.0 Å². The first-order valence-corrected chi connectivity index (χ1v) is 7.86. The molecule has 0 bridgehead atoms. The van der Waals surface area contributed by atoms with Crippen LogP contribution in [-0.4, -0.2) is 56.7 Å². The quantitative estimate of drug-likeness (QED) is 0.809. The fourth-order valence-electron chi connectivity index (χ4n) is 3.23. The lowest BCUT2D eigenvalue weighted by Gasteiger charge is -2.48. The first-order chi connectivity index (χ1) is 11.5. The summed E-state index contributed by atoms with van der Waals surface area (Å²) in [5, 5.41) is 20.9. The van der Waals surface area contributed by atoms with E-state index in [4.69, 9.17) is 5.26 Å². The molecule has 126 valence electrons. The van der Waals surface area contributed by atoms with E-state index in [0.717, 1.165) is 5.39 Å². The molecule has 0 aromatic carbocycles. The lowest BCUT2D eigenvalue weighted by molar-refractivity contribution is -0.141. The van der Waals surface area contributed by atoms with E-state index in [1.807, 2.05) is 19.1 Å². The van der Waals surface area contributed by atoms with Gasteiger partial charge in [0.25, 0.3) is 0 Å². The van der Waals surface area contributed by atoms with Crippen LogP contribution in [-0.2, 0) is 4.79 Å². The Morgan fingerprint density at radius 1 is 1.62 bits per heavy atom. The maximum atomic E-state index is 12.1. The molecule has 1 amide bonds. The largest absolute Gasteiger partial charge is 0.369 e. The maximum absolute atomic E-state index is 12.1. The summed E-state index contributed by atoms with van der Waals surface area (Å²) in [4.78, 5) is 26.8. The maximum Gasteiger partial charge on any atom is 0.236 e. The molecule has 0 saturated carbocycles. The number of hydrogen-bond donors (Lipinski definition) is 2. The van der Waals surface area contributed by atoms with Gasteiger partial charge in [-0.2, -0.15) is 5.26 Å². The van der Waals surface area contributed by atoms with Gasteiger partial charge in [0.2, 0.25) is 5.91 Å². The van der Waals surface area contributed by atoms with E-state index >= 15 is 0 Å². The van der Waals surface area contributed by atoms with E-state index in [1.54, 1.807) is 23.0 Å². The third-order valence-electron chi connectivity index (χ3n) is 4.86. The molecule has 1 fully saturated rings. The smallest absolute Gasteiger partial charge is 0.236 e. The number of nitrogens with zero attached hydrogens (tertiary/aromatic N) is 5. The molecule has 2 N–H and O–H groups in total. The zero-order chi connectivity index (χ0) is 17.3. The number of rotatable bonds is 3. The number of likely N-dealkylation sites (N-methyl/N-ethyl adjacent to an activating group) is 1. The van der Waals surface area contributed by atoms with Crippen molar-refractivity contribution in [3.05, 3.63) is 18.6 Å². The van der Waals surface area contributed by atoms with Crippen molar-refractivity contribution in [2.75, 3.05) is 25.0 Å². The number of piperidine rings is 1. The average Bonchev–Trinajstić information content (AvgIpc) is 3.05. The summed E-state index contributed by atoms with van der Waals surface area (Å²) in [6.07, 6.45) is 3.69. The van der Waals surface area contributed by atoms with E-state index in [9.17, 15) is 9.90 Å². The molecule has 1 aliphatic heterocycles. The first-order valence-electron chi connectivity index (χ1n) is 7.86. The number of nitriles is 1. The number of hydrogen-bond acceptors (Lipinski definition) is 6. The number of anilines is 1. The second-order valence-corrected chi connectivity index (χ2v) is 6.21. The van der Waals surface area contributed by atoms with Crippen molar-refractivity contribution in [1.29, 1.82) is 5.26 Å². The Bertz CT molecular complexity index is 797. The second-order valence-electron chi connectivity index (χ2n) is 6.21. The fourth-order valence-corrected chi connectivity index (χ4v) is 3.23. The topological polar surface area (TPSA) is 109 Å². The van der Waals surface area contributed by atoms with Gasteiger partial charge >= 0.3 is 0 Å². The van der Waals surface area contributed by atoms with Crippen molar-refractivity contribution in [2.45, 2.75) is 25.5 Å². The number of amides is 1. The zero-order valence-electron chi connectivity index (χ0n) is 13.7. The van der Waals surface area contributed by atoms with E-state index in [-0.39, 0.29) is 24.8 Å². The van der Waals surface area contributed by atoms with Gasteiger partial charge in [-0.25, -0.2) is 9.97 Å². The molecule has 0 radical (unpaired) electrons. The van der Waals surface area contributed by atoms with Crippen LogP contribution in [0.2, 0.25) is 0 Å². The fraction of sp³-hybridized carbons (Fsp3) is 0.500. The van der Waals surface area contributed by atoms with Crippen molar-refractivity contribution >= 4 is 22.8 Å². The molecule has 1 saturated heterocycles. The number of nitrogens with one attached hydrogen (secondary N) is 1. The van der Waals surface area contributed by atoms with Gasteiger partial charge in [-0.3, -0.25) is 4.79 Å². The third kappa shape index (κ3) is 2.57. The summed E-state index contributed by atoms with van der Waals surface area (Å²) < 4.78 is 0. The lowest BCUT2D eigenvalue weighted by Crippen LogP contribution is -2.63. The molecular weight excluding hydrogens is 308 g/mol. The Labute approximate surface area is 139 Å². The summed E-state index contributed by atoms with van der Waals surface area (Å²) in [5.74, 6) is 0.286. The van der Waals surface area contributed by atoms with Gasteiger partial charge in [-0.05, 0) is 12.5 Å². The van der Waals surface area contributed by atoms with Crippen molar-refractivity contribution < 1.29 is 9.90 Å². The molecule has 3 heterocycles. The molecular formula is C16H20N6O2. The molecule has 2 aromatic rings. The highest BCUT2D eigenvalue weighted by Gasteiger charge is 2.45. The van der Waals surface area contributed by atoms with E-state index < -0.39 is 5.72 Å². The van der Waals surface area contributed by atoms with Crippen molar-refractivity contribution in [3.8, 4) is 6.07 Å². The van der Waals surface area contributed by atoms with Crippen molar-refractivity contribution in [3.63, 3.8) is 0 Å². The second kappa shape index (κ2) is 6.09. The van der Waals surface area contributed by atoms with Crippen LogP contribution in [0.1, 0.15) is 19.8 Å². The summed E-state index contributed by atoms with van der Waals surface area (Å²) in [6, 6.07) is 3.73. The van der Waals surface area contributed by atoms with Crippen molar-refractivity contribution in [2.24, 2.45) is 5.92 Å². The van der Waals surface area contributed by atoms with Crippen LogP contribution >= 0.6 is 0 Å². The Hall–Kier alpha value is -2.66. The molecule has 2 unspecified atom stereocenters. The van der Waals surface area contributed by atoms with Gasteiger partial charge in [0.05, 0.1) is 18.0 Å². The molecule has 3 rings (SSSR count). The highest BCUT2D eigenvalue weighted by molar-refractivity contribution is 5.87. The van der Waals surface area contributed by atoms with Crippen LogP contribution in [0.5, 0.6) is 0 Å². The summed E-state index contributed by atoms with van der Waals surface area (Å²) in [5.41, 5.74) is -0.571. The number of β-amino-alcohol motifs (C(OH)–C–C–N with tert-alkyl or cyclic N) is 1. The minimum Gasteiger partial charge on any atom is -0.369 e. The number of aromatic amines is 1. The van der Waals surface area contributed by atoms with Crippen LogP contribution in [0.15, 0.2) is 18.6 Å². The number of carbonyl (C=O) groups is 1. The van der Waals surface area contributed by atoms with Crippen LogP contribution in [0.3, 0.4) is 0 Å². The number of aliphatic hydroxyl groups is 1. The monoisotopic (exact) mass is 328 g/mol. The molecule has 8 heteroatoms. The number of fused-ring (bicyclic) bond motifs is 1. The molecule has 0 spiro atoms. The summed E-state index contributed by atoms with van der Waals surface area (Å²) in [7, 11) is 1.77. The van der Waals surface area contributed by atoms with Gasteiger partial charge in [0.15, 0.2) is 5.72 Å². The number of H-pyrrole nitrogens is 1. The van der Waals surface area contributed by atoms with Crippen LogP contribution in [0, 0.1) is 17.2 Å².